The molecule has 4 rings (SSSR count). The van der Waals surface area contributed by atoms with Crippen molar-refractivity contribution in [2.45, 2.75) is 0 Å². The standard InChI is InChI=1S/C15H10N2O/c1-2-7-13-10(4-1)17-12-6-3-5-11-15(12)14(18-13)8-9-16-11/h1-9,17H. The van der Waals surface area contributed by atoms with E-state index in [2.05, 4.69) is 10.3 Å². The van der Waals surface area contributed by atoms with Crippen molar-refractivity contribution < 1.29 is 4.74 Å². The van der Waals surface area contributed by atoms with E-state index in [0.717, 1.165) is 33.8 Å². The Kier molecular flexibility index (Phi) is 1.83. The molecule has 0 bridgehead atoms. The molecule has 2 aromatic carbocycles. The van der Waals surface area contributed by atoms with Crippen LogP contribution in [0.25, 0.3) is 10.9 Å². The molecule has 0 radical (unpaired) electrons. The van der Waals surface area contributed by atoms with Gasteiger partial charge in [-0.25, -0.2) is 0 Å². The summed E-state index contributed by atoms with van der Waals surface area (Å²) in [4.78, 5) is 4.37. The van der Waals surface area contributed by atoms with Gasteiger partial charge in [0.15, 0.2) is 5.75 Å². The first-order valence-corrected chi connectivity index (χ1v) is 5.83. The van der Waals surface area contributed by atoms with Gasteiger partial charge in [0, 0.05) is 6.20 Å². The van der Waals surface area contributed by atoms with E-state index in [1.807, 2.05) is 48.5 Å². The predicted molar refractivity (Wildman–Crippen MR) is 71.5 cm³/mol. The van der Waals surface area contributed by atoms with Crippen LogP contribution in [0.2, 0.25) is 0 Å². The number of anilines is 2. The SMILES string of the molecule is c1ccc2c(c1)Nc1cccc3nccc(c13)O2. The third-order valence-electron chi connectivity index (χ3n) is 3.10. The van der Waals surface area contributed by atoms with E-state index < -0.39 is 0 Å². The monoisotopic (exact) mass is 234 g/mol. The Labute approximate surface area is 104 Å². The largest absolute Gasteiger partial charge is 0.454 e. The third-order valence-corrected chi connectivity index (χ3v) is 3.10. The van der Waals surface area contributed by atoms with Crippen molar-refractivity contribution in [1.29, 1.82) is 0 Å². The topological polar surface area (TPSA) is 34.2 Å². The zero-order valence-electron chi connectivity index (χ0n) is 9.55. The Bertz CT molecular complexity index is 693. The van der Waals surface area contributed by atoms with Crippen LogP contribution in [0.15, 0.2) is 54.7 Å². The summed E-state index contributed by atoms with van der Waals surface area (Å²) in [7, 11) is 0. The smallest absolute Gasteiger partial charge is 0.150 e. The lowest BCUT2D eigenvalue weighted by molar-refractivity contribution is 0.491. The van der Waals surface area contributed by atoms with E-state index in [4.69, 9.17) is 4.74 Å². The lowest BCUT2D eigenvalue weighted by Gasteiger charge is -2.06. The van der Waals surface area contributed by atoms with Crippen LogP contribution in [0.4, 0.5) is 11.4 Å². The van der Waals surface area contributed by atoms with Crippen molar-refractivity contribution in [3.8, 4) is 11.5 Å². The molecule has 1 N–H and O–H groups in total. The van der Waals surface area contributed by atoms with Crippen molar-refractivity contribution in [2.24, 2.45) is 0 Å². The van der Waals surface area contributed by atoms with Crippen molar-refractivity contribution >= 4 is 22.3 Å². The average molecular weight is 234 g/mol. The highest BCUT2D eigenvalue weighted by atomic mass is 16.5. The fourth-order valence-corrected chi connectivity index (χ4v) is 2.29. The Balaban J connectivity index is 2.08. The fraction of sp³-hybridized carbons (Fsp3) is 0. The van der Waals surface area contributed by atoms with E-state index in [1.54, 1.807) is 6.20 Å². The van der Waals surface area contributed by atoms with Crippen molar-refractivity contribution in [3.05, 3.63) is 54.7 Å². The number of rotatable bonds is 0. The van der Waals surface area contributed by atoms with Crippen LogP contribution < -0.4 is 10.1 Å². The summed E-state index contributed by atoms with van der Waals surface area (Å²) in [6, 6.07) is 15.8. The van der Waals surface area contributed by atoms with Gasteiger partial charge in [-0.3, -0.25) is 4.98 Å². The quantitative estimate of drug-likeness (QED) is 0.497. The van der Waals surface area contributed by atoms with E-state index >= 15 is 0 Å². The minimum atomic E-state index is 0.834. The Morgan fingerprint density at radius 1 is 0.833 bits per heavy atom. The first-order valence-electron chi connectivity index (χ1n) is 5.83. The first kappa shape index (κ1) is 9.48. The Hall–Kier alpha value is -2.55. The maximum atomic E-state index is 5.97. The normalized spacial score (nSPS) is 12.2. The molecule has 18 heavy (non-hydrogen) atoms. The van der Waals surface area contributed by atoms with Crippen molar-refractivity contribution in [2.75, 3.05) is 5.32 Å². The van der Waals surface area contributed by atoms with Gasteiger partial charge in [0.25, 0.3) is 0 Å². The molecule has 0 saturated heterocycles. The molecular formula is C15H10N2O. The summed E-state index contributed by atoms with van der Waals surface area (Å²) >= 11 is 0. The van der Waals surface area contributed by atoms with Crippen LogP contribution in [0, 0.1) is 0 Å². The Morgan fingerprint density at radius 2 is 1.72 bits per heavy atom. The van der Waals surface area contributed by atoms with Gasteiger partial charge in [-0.05, 0) is 30.3 Å². The second kappa shape index (κ2) is 3.47. The molecular weight excluding hydrogens is 224 g/mol. The summed E-state index contributed by atoms with van der Waals surface area (Å²) in [5.74, 6) is 1.68. The van der Waals surface area contributed by atoms with E-state index in [9.17, 15) is 0 Å². The molecule has 0 fully saturated rings. The van der Waals surface area contributed by atoms with Crippen LogP contribution in [-0.4, -0.2) is 4.98 Å². The molecule has 2 heterocycles. The summed E-state index contributed by atoms with van der Waals surface area (Å²) in [5.41, 5.74) is 2.94. The van der Waals surface area contributed by atoms with Gasteiger partial charge in [-0.1, -0.05) is 18.2 Å². The van der Waals surface area contributed by atoms with Crippen LogP contribution in [0.3, 0.4) is 0 Å². The zero-order chi connectivity index (χ0) is 11.9. The lowest BCUT2D eigenvalue weighted by atomic mass is 10.1. The summed E-state index contributed by atoms with van der Waals surface area (Å²) < 4.78 is 5.97. The van der Waals surface area contributed by atoms with Crippen molar-refractivity contribution in [3.63, 3.8) is 0 Å². The van der Waals surface area contributed by atoms with Gasteiger partial charge < -0.3 is 10.1 Å². The number of aromatic nitrogens is 1. The number of pyridine rings is 1. The van der Waals surface area contributed by atoms with Gasteiger partial charge in [-0.2, -0.15) is 0 Å². The Morgan fingerprint density at radius 3 is 2.72 bits per heavy atom. The van der Waals surface area contributed by atoms with E-state index in [-0.39, 0.29) is 0 Å². The lowest BCUT2D eigenvalue weighted by Crippen LogP contribution is -1.89. The zero-order valence-corrected chi connectivity index (χ0v) is 9.55. The number of nitrogens with one attached hydrogen (secondary N) is 1. The average Bonchev–Trinajstić information content (AvgIpc) is 2.57. The van der Waals surface area contributed by atoms with Gasteiger partial charge >= 0.3 is 0 Å². The molecule has 0 atom stereocenters. The minimum absolute atomic E-state index is 0.834. The molecule has 3 heteroatoms. The maximum Gasteiger partial charge on any atom is 0.150 e. The number of hydrogen-bond acceptors (Lipinski definition) is 3. The maximum absolute atomic E-state index is 5.97. The van der Waals surface area contributed by atoms with Gasteiger partial charge in [0.05, 0.1) is 22.3 Å². The van der Waals surface area contributed by atoms with Crippen LogP contribution >= 0.6 is 0 Å². The molecule has 1 aliphatic heterocycles. The number of nitrogens with zero attached hydrogens (tertiary/aromatic N) is 1. The van der Waals surface area contributed by atoms with Crippen molar-refractivity contribution in [1.82, 2.24) is 4.98 Å². The number of ether oxygens (including phenoxy) is 1. The van der Waals surface area contributed by atoms with Crippen LogP contribution in [0.1, 0.15) is 0 Å². The molecule has 1 aromatic heterocycles. The van der Waals surface area contributed by atoms with Crippen LogP contribution in [-0.2, 0) is 0 Å². The molecule has 0 amide bonds. The van der Waals surface area contributed by atoms with E-state index in [0.29, 0.717) is 0 Å². The molecule has 0 unspecified atom stereocenters. The predicted octanol–water partition coefficient (Wildman–Crippen LogP) is 4.08. The van der Waals surface area contributed by atoms with Crippen LogP contribution in [0.5, 0.6) is 11.5 Å². The molecule has 0 spiro atoms. The first-order chi connectivity index (χ1) is 8.92. The second-order valence-corrected chi connectivity index (χ2v) is 4.23. The van der Waals surface area contributed by atoms with Gasteiger partial charge in [0.2, 0.25) is 0 Å². The summed E-state index contributed by atoms with van der Waals surface area (Å²) in [6.45, 7) is 0. The minimum Gasteiger partial charge on any atom is -0.454 e. The van der Waals surface area contributed by atoms with Gasteiger partial charge in [0.1, 0.15) is 5.75 Å². The molecule has 1 aliphatic rings. The third kappa shape index (κ3) is 1.27. The summed E-state index contributed by atoms with van der Waals surface area (Å²) in [5, 5.41) is 4.43. The fourth-order valence-electron chi connectivity index (χ4n) is 2.29. The molecule has 0 saturated carbocycles. The molecule has 3 nitrogen and oxygen atoms in total. The number of benzene rings is 2. The number of hydrogen-bond donors (Lipinski definition) is 1. The highest BCUT2D eigenvalue weighted by Gasteiger charge is 2.15. The molecule has 0 aliphatic carbocycles. The summed E-state index contributed by atoms with van der Waals surface area (Å²) in [6.07, 6.45) is 1.77. The molecule has 3 aromatic rings. The highest BCUT2D eigenvalue weighted by molar-refractivity contribution is 5.99. The highest BCUT2D eigenvalue weighted by Crippen LogP contribution is 2.41. The van der Waals surface area contributed by atoms with Gasteiger partial charge in [-0.15, -0.1) is 0 Å². The van der Waals surface area contributed by atoms with E-state index in [1.165, 1.54) is 0 Å². The molecule has 86 valence electrons. The second-order valence-electron chi connectivity index (χ2n) is 4.23. The number of para-hydroxylation sites is 2. The number of fused-ring (bicyclic) bond motifs is 1.